The molecule has 4 heterocycles. The summed E-state index contributed by atoms with van der Waals surface area (Å²) in [5.41, 5.74) is 1.53. The predicted molar refractivity (Wildman–Crippen MR) is 102 cm³/mol. The molecule has 1 atom stereocenters. The maximum atomic E-state index is 12.8. The number of hydrogen-bond donors (Lipinski definition) is 0. The van der Waals surface area contributed by atoms with Crippen LogP contribution in [-0.2, 0) is 4.79 Å². The second-order valence-electron chi connectivity index (χ2n) is 6.83. The molecule has 3 aliphatic rings. The van der Waals surface area contributed by atoms with Gasteiger partial charge in [-0.25, -0.2) is 0 Å². The Morgan fingerprint density at radius 3 is 3.00 bits per heavy atom. The number of aliphatic imine (C=N–C) groups is 1. The first-order valence-corrected chi connectivity index (χ1v) is 10.0. The zero-order chi connectivity index (χ0) is 17.9. The second-order valence-corrected chi connectivity index (χ2v) is 7.67. The van der Waals surface area contributed by atoms with Crippen molar-refractivity contribution >= 4 is 28.6 Å². The molecule has 1 fully saturated rings. The second kappa shape index (κ2) is 7.61. The van der Waals surface area contributed by atoms with Crippen LogP contribution in [0.2, 0.25) is 0 Å². The molecule has 1 aromatic rings. The molecule has 0 spiro atoms. The van der Waals surface area contributed by atoms with E-state index in [-0.39, 0.29) is 17.6 Å². The third-order valence-electron chi connectivity index (χ3n) is 5.06. The number of rotatable bonds is 4. The van der Waals surface area contributed by atoms with E-state index in [1.165, 1.54) is 0 Å². The summed E-state index contributed by atoms with van der Waals surface area (Å²) in [4.78, 5) is 38.2. The van der Waals surface area contributed by atoms with Crippen LogP contribution in [0.4, 0.5) is 0 Å². The molecule has 3 aliphatic heterocycles. The number of Topliss-reactive ketones (excluding diaryl/α,β-unsaturated/α-hetero) is 1. The summed E-state index contributed by atoms with van der Waals surface area (Å²) in [6.07, 6.45) is 4.73. The maximum Gasteiger partial charge on any atom is 0.228 e. The van der Waals surface area contributed by atoms with Crippen LogP contribution < -0.4 is 0 Å². The van der Waals surface area contributed by atoms with E-state index >= 15 is 0 Å². The van der Waals surface area contributed by atoms with Gasteiger partial charge in [-0.05, 0) is 36.8 Å². The Hall–Kier alpha value is -2.15. The number of fused-ring (bicyclic) bond motifs is 1. The van der Waals surface area contributed by atoms with Gasteiger partial charge in [0, 0.05) is 44.0 Å². The molecular weight excluding hydrogens is 348 g/mol. The first-order valence-electron chi connectivity index (χ1n) is 9.13. The van der Waals surface area contributed by atoms with Gasteiger partial charge < -0.3 is 9.80 Å². The highest BCUT2D eigenvalue weighted by Gasteiger charge is 2.32. The molecule has 0 aromatic carbocycles. The molecule has 1 aromatic heterocycles. The van der Waals surface area contributed by atoms with Crippen molar-refractivity contribution in [1.29, 1.82) is 0 Å². The predicted octanol–water partition coefficient (Wildman–Crippen LogP) is 2.54. The van der Waals surface area contributed by atoms with Gasteiger partial charge in [-0.2, -0.15) is 0 Å². The monoisotopic (exact) mass is 370 g/mol. The number of carbonyl (C=O) groups is 2. The number of thioether (sulfide) groups is 1. The van der Waals surface area contributed by atoms with Gasteiger partial charge in [0.1, 0.15) is 5.69 Å². The van der Waals surface area contributed by atoms with Gasteiger partial charge in [0.25, 0.3) is 0 Å². The number of likely N-dealkylation sites (tertiary alicyclic amines) is 1. The van der Waals surface area contributed by atoms with E-state index < -0.39 is 0 Å². The number of pyridine rings is 1. The summed E-state index contributed by atoms with van der Waals surface area (Å²) in [5, 5.41) is 3.06. The largest absolute Gasteiger partial charge is 0.342 e. The number of hydrogen-bond acceptors (Lipinski definition) is 6. The molecule has 0 aliphatic carbocycles. The smallest absolute Gasteiger partial charge is 0.228 e. The van der Waals surface area contributed by atoms with Crippen molar-refractivity contribution in [3.8, 4) is 0 Å². The third kappa shape index (κ3) is 3.53. The van der Waals surface area contributed by atoms with Crippen LogP contribution in [0.3, 0.4) is 0 Å². The zero-order valence-electron chi connectivity index (χ0n) is 14.6. The summed E-state index contributed by atoms with van der Waals surface area (Å²) in [5.74, 6) is -0.00646. The summed E-state index contributed by atoms with van der Waals surface area (Å²) in [6, 6.07) is 5.38. The lowest BCUT2D eigenvalue weighted by Gasteiger charge is -2.33. The van der Waals surface area contributed by atoms with Crippen molar-refractivity contribution in [1.82, 2.24) is 14.8 Å². The SMILES string of the molecule is O=C(c1ccccn1)[C@@H]1CCCN(C(=O)CC2=CSC3=NCCCN23)C1. The summed E-state index contributed by atoms with van der Waals surface area (Å²) < 4.78 is 0. The molecule has 0 unspecified atom stereocenters. The van der Waals surface area contributed by atoms with Crippen molar-refractivity contribution in [2.75, 3.05) is 26.2 Å². The summed E-state index contributed by atoms with van der Waals surface area (Å²) in [6.45, 7) is 3.03. The Bertz CT molecular complexity index is 762. The molecular formula is C19H22N4O2S. The molecule has 0 N–H and O–H groups in total. The molecule has 0 radical (unpaired) electrons. The van der Waals surface area contributed by atoms with Gasteiger partial charge >= 0.3 is 0 Å². The van der Waals surface area contributed by atoms with Gasteiger partial charge in [0.05, 0.1) is 6.42 Å². The van der Waals surface area contributed by atoms with Crippen molar-refractivity contribution < 1.29 is 9.59 Å². The maximum absolute atomic E-state index is 12.8. The third-order valence-corrected chi connectivity index (χ3v) is 6.01. The molecule has 6 nitrogen and oxygen atoms in total. The summed E-state index contributed by atoms with van der Waals surface area (Å²) >= 11 is 1.61. The fraction of sp³-hybridized carbons (Fsp3) is 0.474. The molecule has 0 bridgehead atoms. The van der Waals surface area contributed by atoms with Gasteiger partial charge in [-0.1, -0.05) is 17.8 Å². The molecule has 26 heavy (non-hydrogen) atoms. The molecule has 4 rings (SSSR count). The molecule has 0 saturated carbocycles. The summed E-state index contributed by atoms with van der Waals surface area (Å²) in [7, 11) is 0. The van der Waals surface area contributed by atoms with Crippen LogP contribution in [0, 0.1) is 5.92 Å². The van der Waals surface area contributed by atoms with Crippen LogP contribution in [0.5, 0.6) is 0 Å². The van der Waals surface area contributed by atoms with E-state index in [1.807, 2.05) is 16.4 Å². The van der Waals surface area contributed by atoms with Crippen molar-refractivity contribution in [2.24, 2.45) is 10.9 Å². The van der Waals surface area contributed by atoms with Gasteiger partial charge in [-0.3, -0.25) is 19.6 Å². The number of nitrogens with zero attached hydrogens (tertiary/aromatic N) is 4. The number of aromatic nitrogens is 1. The number of amidine groups is 1. The quantitative estimate of drug-likeness (QED) is 0.762. The Morgan fingerprint density at radius 2 is 2.15 bits per heavy atom. The minimum absolute atomic E-state index is 0.0455. The average Bonchev–Trinajstić information content (AvgIpc) is 3.11. The number of carbonyl (C=O) groups excluding carboxylic acids is 2. The van der Waals surface area contributed by atoms with Crippen LogP contribution in [0.15, 0.2) is 40.5 Å². The van der Waals surface area contributed by atoms with Crippen LogP contribution >= 0.6 is 11.8 Å². The van der Waals surface area contributed by atoms with E-state index in [1.54, 1.807) is 30.1 Å². The van der Waals surface area contributed by atoms with Crippen molar-refractivity contribution in [3.05, 3.63) is 41.2 Å². The van der Waals surface area contributed by atoms with Crippen LogP contribution in [0.1, 0.15) is 36.2 Å². The minimum Gasteiger partial charge on any atom is -0.342 e. The average molecular weight is 370 g/mol. The lowest BCUT2D eigenvalue weighted by atomic mass is 9.91. The Morgan fingerprint density at radius 1 is 1.23 bits per heavy atom. The fourth-order valence-corrected chi connectivity index (χ4v) is 4.63. The van der Waals surface area contributed by atoms with E-state index in [0.717, 1.165) is 49.8 Å². The lowest BCUT2D eigenvalue weighted by Crippen LogP contribution is -2.43. The van der Waals surface area contributed by atoms with E-state index in [2.05, 4.69) is 14.9 Å². The minimum atomic E-state index is -0.151. The van der Waals surface area contributed by atoms with Crippen LogP contribution in [-0.4, -0.2) is 57.8 Å². The number of ketones is 1. The Kier molecular flexibility index (Phi) is 5.06. The molecule has 136 valence electrons. The first-order chi connectivity index (χ1) is 12.7. The van der Waals surface area contributed by atoms with Crippen molar-refractivity contribution in [3.63, 3.8) is 0 Å². The topological polar surface area (TPSA) is 65.9 Å². The van der Waals surface area contributed by atoms with E-state index in [0.29, 0.717) is 18.7 Å². The zero-order valence-corrected chi connectivity index (χ0v) is 15.5. The first kappa shape index (κ1) is 17.3. The van der Waals surface area contributed by atoms with E-state index in [9.17, 15) is 9.59 Å². The highest BCUT2D eigenvalue weighted by molar-refractivity contribution is 8.16. The highest BCUT2D eigenvalue weighted by Crippen LogP contribution is 2.31. The Balaban J connectivity index is 1.38. The van der Waals surface area contributed by atoms with Gasteiger partial charge in [0.2, 0.25) is 5.91 Å². The molecule has 7 heteroatoms. The van der Waals surface area contributed by atoms with Gasteiger partial charge in [0.15, 0.2) is 11.0 Å². The lowest BCUT2D eigenvalue weighted by molar-refractivity contribution is -0.132. The number of amides is 1. The highest BCUT2D eigenvalue weighted by atomic mass is 32.2. The fourth-order valence-electron chi connectivity index (χ4n) is 3.68. The van der Waals surface area contributed by atoms with Crippen LogP contribution in [0.25, 0.3) is 0 Å². The van der Waals surface area contributed by atoms with Gasteiger partial charge in [-0.15, -0.1) is 0 Å². The van der Waals surface area contributed by atoms with E-state index in [4.69, 9.17) is 0 Å². The molecule has 1 saturated heterocycles. The standard InChI is InChI=1S/C19H22N4O2S/c24-17(11-15-13-26-19-21-8-4-10-23(15)19)22-9-3-5-14(12-22)18(25)16-6-1-2-7-20-16/h1-2,6-7,13-14H,3-5,8-12H2/t14-/m1/s1. The normalized spacial score (nSPS) is 22.5. The molecule has 1 amide bonds. The number of piperidine rings is 1. The van der Waals surface area contributed by atoms with Crippen molar-refractivity contribution in [2.45, 2.75) is 25.7 Å². The Labute approximate surface area is 157 Å².